The molecule has 0 atom stereocenters. The zero-order valence-electron chi connectivity index (χ0n) is 13.5. The van der Waals surface area contributed by atoms with E-state index >= 15 is 0 Å². The summed E-state index contributed by atoms with van der Waals surface area (Å²) >= 11 is 0. The average molecular weight is 373 g/mol. The Morgan fingerprint density at radius 2 is 1.78 bits per heavy atom. The van der Waals surface area contributed by atoms with Gasteiger partial charge in [0.15, 0.2) is 0 Å². The van der Waals surface area contributed by atoms with E-state index in [1.54, 1.807) is 0 Å². The largest absolute Gasteiger partial charge is 0.480 e. The monoisotopic (exact) mass is 373 g/mol. The van der Waals surface area contributed by atoms with Crippen molar-refractivity contribution in [3.05, 3.63) is 45.5 Å². The third kappa shape index (κ3) is 2.90. The SMILES string of the molecule is O=C(O)CNc1c([N+](=O)[O-])cc2c3c(cccc13)C(=O)N(CC(=O)O)C2=O. The van der Waals surface area contributed by atoms with Gasteiger partial charge in [-0.05, 0) is 6.07 Å². The molecule has 0 aromatic heterocycles. The average Bonchev–Trinajstić information content (AvgIpc) is 2.60. The maximum Gasteiger partial charge on any atom is 0.323 e. The number of carbonyl (C=O) groups excluding carboxylic acids is 2. The van der Waals surface area contributed by atoms with Crippen molar-refractivity contribution in [3.8, 4) is 0 Å². The van der Waals surface area contributed by atoms with Crippen molar-refractivity contribution >= 4 is 45.9 Å². The summed E-state index contributed by atoms with van der Waals surface area (Å²) in [6.07, 6.45) is 0. The number of anilines is 1. The fourth-order valence-corrected chi connectivity index (χ4v) is 2.97. The minimum atomic E-state index is -1.42. The first kappa shape index (κ1) is 17.8. The maximum atomic E-state index is 12.6. The van der Waals surface area contributed by atoms with Crippen LogP contribution in [0, 0.1) is 10.1 Å². The van der Waals surface area contributed by atoms with Crippen LogP contribution in [0.1, 0.15) is 20.7 Å². The van der Waals surface area contributed by atoms with Crippen LogP contribution in [0.15, 0.2) is 24.3 Å². The molecule has 0 saturated heterocycles. The highest BCUT2D eigenvalue weighted by Gasteiger charge is 2.37. The highest BCUT2D eigenvalue weighted by Crippen LogP contribution is 2.40. The fourth-order valence-electron chi connectivity index (χ4n) is 2.97. The Balaban J connectivity index is 2.31. The van der Waals surface area contributed by atoms with E-state index < -0.39 is 47.5 Å². The summed E-state index contributed by atoms with van der Waals surface area (Å²) in [7, 11) is 0. The van der Waals surface area contributed by atoms with Gasteiger partial charge in [0.2, 0.25) is 0 Å². The molecule has 0 radical (unpaired) electrons. The van der Waals surface area contributed by atoms with Crippen molar-refractivity contribution in [2.75, 3.05) is 18.4 Å². The summed E-state index contributed by atoms with van der Waals surface area (Å²) in [4.78, 5) is 58.1. The van der Waals surface area contributed by atoms with Crippen LogP contribution in [0.4, 0.5) is 11.4 Å². The van der Waals surface area contributed by atoms with E-state index in [2.05, 4.69) is 5.32 Å². The maximum absolute atomic E-state index is 12.6. The molecule has 2 aromatic rings. The van der Waals surface area contributed by atoms with Gasteiger partial charge in [0.25, 0.3) is 17.5 Å². The first-order chi connectivity index (χ1) is 12.7. The standard InChI is InChI=1S/C16H11N3O8/c20-11(21)5-17-14-7-2-1-3-8-13(7)9(4-10(14)19(26)27)16(25)18(15(8)24)6-12(22)23/h1-4,17H,5-6H2,(H,20,21)(H,22,23). The van der Waals surface area contributed by atoms with E-state index in [1.165, 1.54) is 18.2 Å². The summed E-state index contributed by atoms with van der Waals surface area (Å²) in [6, 6.07) is 5.10. The van der Waals surface area contributed by atoms with Gasteiger partial charge in [0.1, 0.15) is 18.8 Å². The van der Waals surface area contributed by atoms with Gasteiger partial charge in [-0.3, -0.25) is 34.2 Å². The van der Waals surface area contributed by atoms with Gasteiger partial charge in [0.05, 0.1) is 10.5 Å². The Hall–Kier alpha value is -4.02. The van der Waals surface area contributed by atoms with Crippen LogP contribution in [-0.4, -0.2) is 56.9 Å². The van der Waals surface area contributed by atoms with Gasteiger partial charge in [-0.15, -0.1) is 0 Å². The Morgan fingerprint density at radius 3 is 2.37 bits per heavy atom. The molecule has 2 amide bonds. The van der Waals surface area contributed by atoms with Gasteiger partial charge >= 0.3 is 11.9 Å². The lowest BCUT2D eigenvalue weighted by Gasteiger charge is -2.26. The van der Waals surface area contributed by atoms with Crippen LogP contribution in [0.2, 0.25) is 0 Å². The minimum absolute atomic E-state index is 0.00313. The summed E-state index contributed by atoms with van der Waals surface area (Å²) in [6.45, 7) is -1.51. The molecular weight excluding hydrogens is 362 g/mol. The predicted octanol–water partition coefficient (Wildman–Crippen LogP) is 0.925. The number of amides is 2. The number of aliphatic carboxylic acids is 2. The topological polar surface area (TPSA) is 167 Å². The van der Waals surface area contributed by atoms with Crippen LogP contribution < -0.4 is 5.32 Å². The number of carbonyl (C=O) groups is 4. The van der Waals surface area contributed by atoms with Crippen LogP contribution in [0.5, 0.6) is 0 Å². The van der Waals surface area contributed by atoms with E-state index in [-0.39, 0.29) is 27.6 Å². The predicted molar refractivity (Wildman–Crippen MR) is 89.7 cm³/mol. The Kier molecular flexibility index (Phi) is 4.20. The second-order valence-electron chi connectivity index (χ2n) is 5.64. The molecule has 0 aliphatic carbocycles. The molecule has 138 valence electrons. The fraction of sp³-hybridized carbons (Fsp3) is 0.125. The minimum Gasteiger partial charge on any atom is -0.480 e. The number of nitro benzene ring substituents is 1. The van der Waals surface area contributed by atoms with Crippen molar-refractivity contribution in [1.29, 1.82) is 0 Å². The van der Waals surface area contributed by atoms with Gasteiger partial charge in [-0.25, -0.2) is 0 Å². The quantitative estimate of drug-likeness (QED) is 0.379. The zero-order chi connectivity index (χ0) is 19.9. The molecule has 1 aliphatic rings. The molecule has 0 fully saturated rings. The number of rotatable bonds is 6. The van der Waals surface area contributed by atoms with E-state index in [4.69, 9.17) is 10.2 Å². The number of benzene rings is 2. The van der Waals surface area contributed by atoms with Crippen LogP contribution in [0.3, 0.4) is 0 Å². The van der Waals surface area contributed by atoms with Gasteiger partial charge in [-0.2, -0.15) is 0 Å². The molecule has 2 aromatic carbocycles. The Bertz CT molecular complexity index is 1050. The number of nitrogens with zero attached hydrogens (tertiary/aromatic N) is 2. The molecule has 0 spiro atoms. The molecular formula is C16H11N3O8. The van der Waals surface area contributed by atoms with Crippen LogP contribution >= 0.6 is 0 Å². The smallest absolute Gasteiger partial charge is 0.323 e. The third-order valence-electron chi connectivity index (χ3n) is 4.00. The number of hydrogen-bond acceptors (Lipinski definition) is 7. The second kappa shape index (κ2) is 6.37. The molecule has 3 N–H and O–H groups in total. The summed E-state index contributed by atoms with van der Waals surface area (Å²) in [5.74, 6) is -4.50. The molecule has 11 heteroatoms. The van der Waals surface area contributed by atoms with E-state index in [9.17, 15) is 29.3 Å². The Morgan fingerprint density at radius 1 is 1.11 bits per heavy atom. The lowest BCUT2D eigenvalue weighted by atomic mass is 9.92. The van der Waals surface area contributed by atoms with Gasteiger partial charge < -0.3 is 15.5 Å². The van der Waals surface area contributed by atoms with E-state index in [0.717, 1.165) is 6.07 Å². The molecule has 1 aliphatic heterocycles. The summed E-state index contributed by atoms with van der Waals surface area (Å²) in [5.41, 5.74) is -0.908. The molecule has 1 heterocycles. The molecule has 27 heavy (non-hydrogen) atoms. The highest BCUT2D eigenvalue weighted by molar-refractivity contribution is 6.28. The summed E-state index contributed by atoms with van der Waals surface area (Å²) in [5, 5.41) is 31.9. The van der Waals surface area contributed by atoms with Gasteiger partial charge in [-0.1, -0.05) is 12.1 Å². The number of nitrogens with one attached hydrogen (secondary N) is 1. The molecule has 0 unspecified atom stereocenters. The summed E-state index contributed by atoms with van der Waals surface area (Å²) < 4.78 is 0. The molecule has 11 nitrogen and oxygen atoms in total. The number of imide groups is 1. The second-order valence-corrected chi connectivity index (χ2v) is 5.64. The third-order valence-corrected chi connectivity index (χ3v) is 4.00. The number of hydrogen-bond donors (Lipinski definition) is 3. The van der Waals surface area contributed by atoms with Crippen LogP contribution in [-0.2, 0) is 9.59 Å². The van der Waals surface area contributed by atoms with Crippen molar-refractivity contribution in [2.24, 2.45) is 0 Å². The van der Waals surface area contributed by atoms with E-state index in [0.29, 0.717) is 4.90 Å². The van der Waals surface area contributed by atoms with E-state index in [1.807, 2.05) is 0 Å². The lowest BCUT2D eigenvalue weighted by Crippen LogP contribution is -2.43. The molecule has 3 rings (SSSR count). The normalized spacial score (nSPS) is 13.0. The number of nitro groups is 1. The number of carboxylic acid groups (broad SMARTS) is 2. The first-order valence-corrected chi connectivity index (χ1v) is 7.50. The first-order valence-electron chi connectivity index (χ1n) is 7.50. The molecule has 0 bridgehead atoms. The highest BCUT2D eigenvalue weighted by atomic mass is 16.6. The van der Waals surface area contributed by atoms with Crippen molar-refractivity contribution in [1.82, 2.24) is 4.90 Å². The van der Waals surface area contributed by atoms with Crippen molar-refractivity contribution < 1.29 is 34.3 Å². The molecule has 0 saturated carbocycles. The van der Waals surface area contributed by atoms with Crippen molar-refractivity contribution in [2.45, 2.75) is 0 Å². The van der Waals surface area contributed by atoms with Crippen LogP contribution in [0.25, 0.3) is 10.8 Å². The van der Waals surface area contributed by atoms with Gasteiger partial charge in [0, 0.05) is 22.4 Å². The lowest BCUT2D eigenvalue weighted by molar-refractivity contribution is -0.383. The number of carboxylic acids is 2. The Labute approximate surface area is 149 Å². The zero-order valence-corrected chi connectivity index (χ0v) is 13.5. The van der Waals surface area contributed by atoms with Crippen molar-refractivity contribution in [3.63, 3.8) is 0 Å².